The van der Waals surface area contributed by atoms with E-state index in [9.17, 15) is 9.59 Å². The number of likely N-dealkylation sites (N-methyl/N-ethyl adjacent to an activating group) is 1. The number of rotatable bonds is 5. The molecule has 2 heterocycles. The van der Waals surface area contributed by atoms with E-state index in [2.05, 4.69) is 32.3 Å². The number of nitrogens with one attached hydrogen (secondary N) is 1. The highest BCUT2D eigenvalue weighted by Gasteiger charge is 2.36. The summed E-state index contributed by atoms with van der Waals surface area (Å²) in [5.74, 6) is -0.338. The molecule has 0 spiro atoms. The zero-order chi connectivity index (χ0) is 20.3. The fraction of sp³-hybridized carbons (Fsp3) is 0.722. The van der Waals surface area contributed by atoms with E-state index in [1.54, 1.807) is 11.9 Å². The molecule has 0 saturated heterocycles. The van der Waals surface area contributed by atoms with Crippen molar-refractivity contribution in [3.8, 4) is 0 Å². The first-order chi connectivity index (χ1) is 13.4. The zero-order valence-electron chi connectivity index (χ0n) is 16.6. The molecule has 3 rings (SSSR count). The SMILES string of the molecule is CCN(C)C(=O)C1CCC(N=[N+]=[N-])C(NC(=O)c2nc3c(s2)CN(C)CC3)C1. The largest absolute Gasteiger partial charge is 0.347 e. The molecule has 1 aromatic heterocycles. The highest BCUT2D eigenvalue weighted by molar-refractivity contribution is 7.13. The summed E-state index contributed by atoms with van der Waals surface area (Å²) in [5, 5.41) is 7.30. The van der Waals surface area contributed by atoms with E-state index >= 15 is 0 Å². The van der Waals surface area contributed by atoms with Crippen LogP contribution in [0.3, 0.4) is 0 Å². The fourth-order valence-corrected chi connectivity index (χ4v) is 4.95. The van der Waals surface area contributed by atoms with Gasteiger partial charge < -0.3 is 15.1 Å². The second-order valence-electron chi connectivity index (χ2n) is 7.59. The van der Waals surface area contributed by atoms with Crippen LogP contribution in [0, 0.1) is 5.92 Å². The van der Waals surface area contributed by atoms with Crippen LogP contribution in [0.1, 0.15) is 46.6 Å². The Morgan fingerprint density at radius 2 is 2.25 bits per heavy atom. The lowest BCUT2D eigenvalue weighted by atomic mass is 9.81. The predicted molar refractivity (Wildman–Crippen MR) is 107 cm³/mol. The van der Waals surface area contributed by atoms with E-state index in [0.717, 1.165) is 30.1 Å². The lowest BCUT2D eigenvalue weighted by molar-refractivity contribution is -0.135. The number of amides is 2. The van der Waals surface area contributed by atoms with Crippen molar-refractivity contribution in [2.24, 2.45) is 11.0 Å². The summed E-state index contributed by atoms with van der Waals surface area (Å²) in [6.07, 6.45) is 2.58. The third kappa shape index (κ3) is 4.45. The Kier molecular flexibility index (Phi) is 6.53. The topological polar surface area (TPSA) is 114 Å². The van der Waals surface area contributed by atoms with Gasteiger partial charge in [0.1, 0.15) is 0 Å². The molecule has 1 saturated carbocycles. The molecule has 1 fully saturated rings. The highest BCUT2D eigenvalue weighted by Crippen LogP contribution is 2.29. The normalized spacial score (nSPS) is 24.8. The molecule has 1 aliphatic carbocycles. The summed E-state index contributed by atoms with van der Waals surface area (Å²) in [4.78, 5) is 37.9. The van der Waals surface area contributed by atoms with Crippen molar-refractivity contribution in [2.45, 2.75) is 51.2 Å². The number of carbonyl (C=O) groups excluding carboxylic acids is 2. The van der Waals surface area contributed by atoms with Gasteiger partial charge in [-0.15, -0.1) is 11.3 Å². The third-order valence-electron chi connectivity index (χ3n) is 5.65. The molecule has 0 aromatic carbocycles. The lowest BCUT2D eigenvalue weighted by Gasteiger charge is -2.35. The number of thiazole rings is 1. The second-order valence-corrected chi connectivity index (χ2v) is 8.67. The van der Waals surface area contributed by atoms with Crippen LogP contribution in [0.15, 0.2) is 5.11 Å². The lowest BCUT2D eigenvalue weighted by Crippen LogP contribution is -2.49. The van der Waals surface area contributed by atoms with Crippen molar-refractivity contribution in [1.29, 1.82) is 0 Å². The Balaban J connectivity index is 1.72. The summed E-state index contributed by atoms with van der Waals surface area (Å²) < 4.78 is 0. The second kappa shape index (κ2) is 8.89. The first-order valence-electron chi connectivity index (χ1n) is 9.70. The Bertz CT molecular complexity index is 789. The number of hydrogen-bond donors (Lipinski definition) is 1. The summed E-state index contributed by atoms with van der Waals surface area (Å²) in [7, 11) is 3.84. The monoisotopic (exact) mass is 405 g/mol. The smallest absolute Gasteiger partial charge is 0.280 e. The van der Waals surface area contributed by atoms with Crippen molar-refractivity contribution < 1.29 is 9.59 Å². The summed E-state index contributed by atoms with van der Waals surface area (Å²) in [6, 6.07) is -0.703. The number of azide groups is 1. The molecule has 10 heteroatoms. The van der Waals surface area contributed by atoms with Crippen molar-refractivity contribution in [3.63, 3.8) is 0 Å². The highest BCUT2D eigenvalue weighted by atomic mass is 32.1. The average molecular weight is 406 g/mol. The van der Waals surface area contributed by atoms with Gasteiger partial charge in [0.25, 0.3) is 5.91 Å². The standard InChI is InChI=1S/C18H27N7O2S/c1-4-25(3)18(27)11-5-6-12(22-23-19)14(9-11)20-16(26)17-21-13-7-8-24(2)10-15(13)28-17/h11-12,14H,4-10H2,1-3H3,(H,20,26). The molecule has 28 heavy (non-hydrogen) atoms. The van der Waals surface area contributed by atoms with Gasteiger partial charge in [0.05, 0.1) is 11.7 Å². The van der Waals surface area contributed by atoms with Gasteiger partial charge in [-0.3, -0.25) is 9.59 Å². The molecule has 2 amide bonds. The van der Waals surface area contributed by atoms with Gasteiger partial charge in [-0.25, -0.2) is 4.98 Å². The Morgan fingerprint density at radius 3 is 2.96 bits per heavy atom. The first kappa shape index (κ1) is 20.6. The molecule has 1 aliphatic heterocycles. The first-order valence-corrected chi connectivity index (χ1v) is 10.5. The van der Waals surface area contributed by atoms with Crippen molar-refractivity contribution >= 4 is 23.2 Å². The van der Waals surface area contributed by atoms with Gasteiger partial charge >= 0.3 is 0 Å². The van der Waals surface area contributed by atoms with Gasteiger partial charge in [0.15, 0.2) is 5.01 Å². The van der Waals surface area contributed by atoms with E-state index in [4.69, 9.17) is 5.53 Å². The fourth-order valence-electron chi connectivity index (χ4n) is 3.86. The van der Waals surface area contributed by atoms with E-state index in [-0.39, 0.29) is 29.8 Å². The number of aromatic nitrogens is 1. The number of nitrogens with zero attached hydrogens (tertiary/aromatic N) is 6. The van der Waals surface area contributed by atoms with Crippen molar-refractivity contribution in [3.05, 3.63) is 26.0 Å². The molecule has 9 nitrogen and oxygen atoms in total. The zero-order valence-corrected chi connectivity index (χ0v) is 17.4. The Morgan fingerprint density at radius 1 is 1.46 bits per heavy atom. The van der Waals surface area contributed by atoms with Gasteiger partial charge in [-0.1, -0.05) is 5.11 Å². The average Bonchev–Trinajstić information content (AvgIpc) is 3.11. The molecule has 1 aromatic rings. The minimum absolute atomic E-state index is 0.0777. The van der Waals surface area contributed by atoms with Gasteiger partial charge in [0.2, 0.25) is 5.91 Å². The molecular formula is C18H27N7O2S. The number of fused-ring (bicyclic) bond motifs is 1. The van der Waals surface area contributed by atoms with E-state index in [0.29, 0.717) is 30.8 Å². The van der Waals surface area contributed by atoms with Crippen LogP contribution in [-0.2, 0) is 17.8 Å². The van der Waals surface area contributed by atoms with E-state index in [1.165, 1.54) is 11.3 Å². The number of carbonyl (C=O) groups is 2. The maximum Gasteiger partial charge on any atom is 0.280 e. The van der Waals surface area contributed by atoms with Crippen LogP contribution in [0.5, 0.6) is 0 Å². The van der Waals surface area contributed by atoms with Crippen LogP contribution >= 0.6 is 11.3 Å². The predicted octanol–water partition coefficient (Wildman–Crippen LogP) is 2.19. The van der Waals surface area contributed by atoms with Crippen LogP contribution < -0.4 is 5.32 Å². The van der Waals surface area contributed by atoms with Crippen molar-refractivity contribution in [1.82, 2.24) is 20.1 Å². The quantitative estimate of drug-likeness (QED) is 0.459. The molecular weight excluding hydrogens is 378 g/mol. The Hall–Kier alpha value is -2.16. The molecule has 0 radical (unpaired) electrons. The Labute approximate surface area is 168 Å². The van der Waals surface area contributed by atoms with Crippen LogP contribution in [-0.4, -0.2) is 65.9 Å². The molecule has 0 bridgehead atoms. The van der Waals surface area contributed by atoms with E-state index < -0.39 is 0 Å². The summed E-state index contributed by atoms with van der Waals surface area (Å²) >= 11 is 1.42. The van der Waals surface area contributed by atoms with Gasteiger partial charge in [-0.2, -0.15) is 0 Å². The number of hydrogen-bond acceptors (Lipinski definition) is 6. The van der Waals surface area contributed by atoms with Crippen LogP contribution in [0.25, 0.3) is 10.4 Å². The van der Waals surface area contributed by atoms with Gasteiger partial charge in [0, 0.05) is 54.9 Å². The van der Waals surface area contributed by atoms with Crippen molar-refractivity contribution in [2.75, 3.05) is 27.2 Å². The van der Waals surface area contributed by atoms with Crippen LogP contribution in [0.2, 0.25) is 0 Å². The maximum atomic E-state index is 12.8. The third-order valence-corrected chi connectivity index (χ3v) is 6.73. The van der Waals surface area contributed by atoms with Gasteiger partial charge in [-0.05, 0) is 38.8 Å². The minimum Gasteiger partial charge on any atom is -0.347 e. The molecule has 1 N–H and O–H groups in total. The maximum absolute atomic E-state index is 12.8. The minimum atomic E-state index is -0.361. The van der Waals surface area contributed by atoms with E-state index in [1.807, 2.05) is 6.92 Å². The molecule has 152 valence electrons. The molecule has 2 aliphatic rings. The molecule has 3 unspecified atom stereocenters. The summed E-state index contributed by atoms with van der Waals surface area (Å²) in [5.41, 5.74) is 9.88. The summed E-state index contributed by atoms with van der Waals surface area (Å²) in [6.45, 7) is 4.33. The molecule has 3 atom stereocenters. The van der Waals surface area contributed by atoms with Crippen LogP contribution in [0.4, 0.5) is 0 Å².